The SMILES string of the molecule is O=P(O)(O)NNc1ccc(Br)cc1Br. The number of rotatable bonds is 3. The molecule has 0 radical (unpaired) electrons. The van der Waals surface area contributed by atoms with Crippen molar-refractivity contribution in [3.05, 3.63) is 27.1 Å². The van der Waals surface area contributed by atoms with Crippen molar-refractivity contribution in [3.63, 3.8) is 0 Å². The minimum absolute atomic E-state index is 0.538. The summed E-state index contributed by atoms with van der Waals surface area (Å²) >= 11 is 6.48. The van der Waals surface area contributed by atoms with Gasteiger partial charge in [0.25, 0.3) is 0 Å². The average molecular weight is 346 g/mol. The lowest BCUT2D eigenvalue weighted by Gasteiger charge is -2.10. The van der Waals surface area contributed by atoms with E-state index in [4.69, 9.17) is 9.79 Å². The van der Waals surface area contributed by atoms with Gasteiger partial charge in [-0.15, -0.1) is 5.20 Å². The van der Waals surface area contributed by atoms with E-state index in [1.165, 1.54) is 0 Å². The zero-order valence-electron chi connectivity index (χ0n) is 6.74. The van der Waals surface area contributed by atoms with Crippen LogP contribution in [0.4, 0.5) is 5.69 Å². The molecule has 0 amide bonds. The zero-order chi connectivity index (χ0) is 10.8. The Bertz CT molecular complexity index is 381. The second-order valence-corrected chi connectivity index (χ2v) is 5.49. The third kappa shape index (κ3) is 4.08. The summed E-state index contributed by atoms with van der Waals surface area (Å²) in [5, 5.41) is 1.87. The first-order valence-electron chi connectivity index (χ1n) is 3.42. The molecule has 0 saturated heterocycles. The van der Waals surface area contributed by atoms with Crippen molar-refractivity contribution >= 4 is 45.3 Å². The molecule has 5 nitrogen and oxygen atoms in total. The van der Waals surface area contributed by atoms with Crippen molar-refractivity contribution in [2.24, 2.45) is 0 Å². The van der Waals surface area contributed by atoms with Crippen LogP contribution in [-0.4, -0.2) is 9.79 Å². The predicted molar refractivity (Wildman–Crippen MR) is 60.6 cm³/mol. The first-order chi connectivity index (χ1) is 6.38. The maximum absolute atomic E-state index is 10.5. The van der Waals surface area contributed by atoms with E-state index in [9.17, 15) is 4.57 Å². The molecule has 4 N–H and O–H groups in total. The Morgan fingerprint density at radius 1 is 1.29 bits per heavy atom. The van der Waals surface area contributed by atoms with Crippen LogP contribution in [0.2, 0.25) is 0 Å². The lowest BCUT2D eigenvalue weighted by Crippen LogP contribution is -2.17. The number of nitrogens with one attached hydrogen (secondary N) is 2. The van der Waals surface area contributed by atoms with Crippen molar-refractivity contribution in [2.75, 3.05) is 5.43 Å². The van der Waals surface area contributed by atoms with Gasteiger partial charge in [-0.2, -0.15) is 0 Å². The van der Waals surface area contributed by atoms with Gasteiger partial charge in [0.2, 0.25) is 0 Å². The van der Waals surface area contributed by atoms with E-state index in [2.05, 4.69) is 37.3 Å². The van der Waals surface area contributed by atoms with Gasteiger partial charge in [0.15, 0.2) is 0 Å². The molecule has 0 atom stereocenters. The number of hydrogen-bond donors (Lipinski definition) is 4. The van der Waals surface area contributed by atoms with Crippen LogP contribution < -0.4 is 10.6 Å². The molecule has 0 unspecified atom stereocenters. The van der Waals surface area contributed by atoms with Crippen molar-refractivity contribution < 1.29 is 14.4 Å². The first kappa shape index (κ1) is 12.2. The largest absolute Gasteiger partial charge is 0.417 e. The van der Waals surface area contributed by atoms with Crippen LogP contribution in [0.15, 0.2) is 27.1 Å². The molecule has 0 heterocycles. The number of hydrogen-bond acceptors (Lipinski definition) is 2. The molecule has 1 rings (SSSR count). The number of anilines is 1. The van der Waals surface area contributed by atoms with Crippen LogP contribution in [0.5, 0.6) is 0 Å². The van der Waals surface area contributed by atoms with Crippen LogP contribution in [0.1, 0.15) is 0 Å². The Labute approximate surface area is 97.3 Å². The molecule has 0 aliphatic heterocycles. The van der Waals surface area contributed by atoms with Gasteiger partial charge in [-0.3, -0.25) is 0 Å². The van der Waals surface area contributed by atoms with Crippen molar-refractivity contribution in [3.8, 4) is 0 Å². The van der Waals surface area contributed by atoms with Crippen molar-refractivity contribution in [2.45, 2.75) is 0 Å². The van der Waals surface area contributed by atoms with Crippen LogP contribution in [-0.2, 0) is 4.57 Å². The molecule has 0 aromatic heterocycles. The molecule has 0 aliphatic rings. The second-order valence-electron chi connectivity index (χ2n) is 2.41. The molecular weight excluding hydrogens is 339 g/mol. The third-order valence-corrected chi connectivity index (χ3v) is 2.82. The van der Waals surface area contributed by atoms with Crippen molar-refractivity contribution in [1.82, 2.24) is 5.20 Å². The lowest BCUT2D eigenvalue weighted by molar-refractivity contribution is 0.362. The number of benzene rings is 1. The Kier molecular flexibility index (Phi) is 4.12. The Morgan fingerprint density at radius 3 is 2.43 bits per heavy atom. The Morgan fingerprint density at radius 2 is 1.93 bits per heavy atom. The minimum Gasteiger partial charge on any atom is -0.311 e. The van der Waals surface area contributed by atoms with Gasteiger partial charge >= 0.3 is 7.75 Å². The molecule has 0 aliphatic carbocycles. The van der Waals surface area contributed by atoms with E-state index >= 15 is 0 Å². The quantitative estimate of drug-likeness (QED) is 0.499. The summed E-state index contributed by atoms with van der Waals surface area (Å²) in [7, 11) is -4.26. The van der Waals surface area contributed by atoms with Gasteiger partial charge in [-0.25, -0.2) is 4.57 Å². The van der Waals surface area contributed by atoms with Gasteiger partial charge in [0.05, 0.1) is 5.69 Å². The number of halogens is 2. The van der Waals surface area contributed by atoms with Gasteiger partial charge in [-0.1, -0.05) is 15.9 Å². The summed E-state index contributed by atoms with van der Waals surface area (Å²) < 4.78 is 12.0. The lowest BCUT2D eigenvalue weighted by atomic mass is 10.3. The van der Waals surface area contributed by atoms with Gasteiger partial charge in [0.1, 0.15) is 0 Å². The molecular formula is C6H7Br2N2O3P. The molecule has 1 aromatic carbocycles. The summed E-state index contributed by atoms with van der Waals surface area (Å²) in [6.07, 6.45) is 0. The summed E-state index contributed by atoms with van der Waals surface area (Å²) in [4.78, 5) is 17.1. The van der Waals surface area contributed by atoms with E-state index in [0.717, 1.165) is 4.47 Å². The van der Waals surface area contributed by atoms with E-state index in [1.54, 1.807) is 18.2 Å². The molecule has 0 bridgehead atoms. The molecule has 14 heavy (non-hydrogen) atoms. The zero-order valence-corrected chi connectivity index (χ0v) is 10.8. The standard InChI is InChI=1S/C6H7Br2N2O3P/c7-4-1-2-6(5(8)3-4)9-10-14(11,12)13/h1-3,9H,(H3,10,11,12,13). The molecule has 0 saturated carbocycles. The van der Waals surface area contributed by atoms with Crippen LogP contribution >= 0.6 is 39.6 Å². The summed E-state index contributed by atoms with van der Waals surface area (Å²) in [6.45, 7) is 0. The van der Waals surface area contributed by atoms with E-state index in [0.29, 0.717) is 10.2 Å². The monoisotopic (exact) mass is 344 g/mol. The second kappa shape index (κ2) is 4.74. The van der Waals surface area contributed by atoms with Gasteiger partial charge < -0.3 is 15.2 Å². The Hall–Kier alpha value is 0.0900. The van der Waals surface area contributed by atoms with E-state index in [-0.39, 0.29) is 0 Å². The predicted octanol–water partition coefficient (Wildman–Crippen LogP) is 2.22. The number of hydrazine groups is 1. The van der Waals surface area contributed by atoms with Crippen LogP contribution in [0, 0.1) is 0 Å². The summed E-state index contributed by atoms with van der Waals surface area (Å²) in [6, 6.07) is 5.16. The van der Waals surface area contributed by atoms with Gasteiger partial charge in [-0.05, 0) is 34.1 Å². The highest BCUT2D eigenvalue weighted by Gasteiger charge is 2.11. The molecule has 0 spiro atoms. The smallest absolute Gasteiger partial charge is 0.311 e. The average Bonchev–Trinajstić information content (AvgIpc) is 2.00. The van der Waals surface area contributed by atoms with E-state index < -0.39 is 7.75 Å². The highest BCUT2D eigenvalue weighted by molar-refractivity contribution is 9.11. The Balaban J connectivity index is 2.73. The topological polar surface area (TPSA) is 81.6 Å². The van der Waals surface area contributed by atoms with E-state index in [1.807, 2.05) is 5.20 Å². The van der Waals surface area contributed by atoms with Crippen LogP contribution in [0.25, 0.3) is 0 Å². The first-order valence-corrected chi connectivity index (χ1v) is 6.62. The summed E-state index contributed by atoms with van der Waals surface area (Å²) in [5.74, 6) is 0. The summed E-state index contributed by atoms with van der Waals surface area (Å²) in [5.41, 5.74) is 2.94. The fraction of sp³-hybridized carbons (Fsp3) is 0. The van der Waals surface area contributed by atoms with Gasteiger partial charge in [0, 0.05) is 8.95 Å². The fourth-order valence-corrected chi connectivity index (χ4v) is 2.14. The third-order valence-electron chi connectivity index (χ3n) is 1.27. The highest BCUT2D eigenvalue weighted by Crippen LogP contribution is 2.30. The molecule has 0 fully saturated rings. The van der Waals surface area contributed by atoms with Crippen LogP contribution in [0.3, 0.4) is 0 Å². The highest BCUT2D eigenvalue weighted by atomic mass is 79.9. The molecule has 1 aromatic rings. The van der Waals surface area contributed by atoms with Crippen molar-refractivity contribution in [1.29, 1.82) is 0 Å². The molecule has 78 valence electrons. The maximum atomic E-state index is 10.5. The molecule has 8 heteroatoms. The normalized spacial score (nSPS) is 11.4. The fourth-order valence-electron chi connectivity index (χ4n) is 0.724. The maximum Gasteiger partial charge on any atom is 0.417 e. The minimum atomic E-state index is -4.26.